The Kier molecular flexibility index (Phi) is 3.45. The van der Waals surface area contributed by atoms with Gasteiger partial charge in [-0.15, -0.1) is 11.3 Å². The van der Waals surface area contributed by atoms with Gasteiger partial charge in [0.1, 0.15) is 10.7 Å². The Bertz CT molecular complexity index is 844. The number of aromatic amines is 1. The molecule has 2 N–H and O–H groups in total. The molecule has 1 aliphatic carbocycles. The topological polar surface area (TPSA) is 88.5 Å². The molecule has 1 fully saturated rings. The summed E-state index contributed by atoms with van der Waals surface area (Å²) in [5.74, 6) is -0.221. The SMILES string of the molecule is Cc1[nH]ncc1-c1nc(C(=O)Nc2cnn(C3CCC3)c2)cs1. The maximum absolute atomic E-state index is 12.3. The number of carbonyl (C=O) groups excluding carboxylic acids is 1. The van der Waals surface area contributed by atoms with Crippen LogP contribution >= 0.6 is 11.3 Å². The van der Waals surface area contributed by atoms with Gasteiger partial charge >= 0.3 is 0 Å². The molecule has 7 nitrogen and oxygen atoms in total. The number of thiazole rings is 1. The summed E-state index contributed by atoms with van der Waals surface area (Å²) in [4.78, 5) is 16.7. The summed E-state index contributed by atoms with van der Waals surface area (Å²) in [6.45, 7) is 1.93. The van der Waals surface area contributed by atoms with E-state index in [1.165, 1.54) is 17.8 Å². The Hall–Kier alpha value is -2.48. The summed E-state index contributed by atoms with van der Waals surface area (Å²) in [5, 5.41) is 16.6. The van der Waals surface area contributed by atoms with Crippen LogP contribution in [-0.4, -0.2) is 30.9 Å². The number of rotatable bonds is 4. The largest absolute Gasteiger partial charge is 0.318 e. The van der Waals surface area contributed by atoms with Crippen molar-refractivity contribution in [1.29, 1.82) is 0 Å². The van der Waals surface area contributed by atoms with Gasteiger partial charge in [0.25, 0.3) is 5.91 Å². The Morgan fingerprint density at radius 3 is 3.00 bits per heavy atom. The molecule has 1 aliphatic rings. The van der Waals surface area contributed by atoms with E-state index in [4.69, 9.17) is 0 Å². The minimum atomic E-state index is -0.221. The molecule has 3 heterocycles. The van der Waals surface area contributed by atoms with E-state index in [-0.39, 0.29) is 5.91 Å². The Labute approximate surface area is 136 Å². The minimum Gasteiger partial charge on any atom is -0.318 e. The molecule has 8 heteroatoms. The molecular weight excluding hydrogens is 312 g/mol. The predicted octanol–water partition coefficient (Wildman–Crippen LogP) is 3.02. The predicted molar refractivity (Wildman–Crippen MR) is 87.5 cm³/mol. The second kappa shape index (κ2) is 5.62. The molecule has 0 atom stereocenters. The highest BCUT2D eigenvalue weighted by Crippen LogP contribution is 2.31. The fraction of sp³-hybridized carbons (Fsp3) is 0.333. The van der Waals surface area contributed by atoms with Gasteiger partial charge in [-0.1, -0.05) is 0 Å². The van der Waals surface area contributed by atoms with E-state index in [1.807, 2.05) is 17.8 Å². The summed E-state index contributed by atoms with van der Waals surface area (Å²) < 4.78 is 1.93. The quantitative estimate of drug-likeness (QED) is 0.770. The van der Waals surface area contributed by atoms with Crippen LogP contribution in [-0.2, 0) is 0 Å². The summed E-state index contributed by atoms with van der Waals surface area (Å²) in [6.07, 6.45) is 8.86. The lowest BCUT2D eigenvalue weighted by molar-refractivity contribution is 0.102. The van der Waals surface area contributed by atoms with Crippen LogP contribution in [0.5, 0.6) is 0 Å². The minimum absolute atomic E-state index is 0.221. The smallest absolute Gasteiger partial charge is 0.275 e. The highest BCUT2D eigenvalue weighted by Gasteiger charge is 2.21. The summed E-state index contributed by atoms with van der Waals surface area (Å²) in [7, 11) is 0. The van der Waals surface area contributed by atoms with Gasteiger partial charge in [0.05, 0.1) is 29.7 Å². The fourth-order valence-corrected chi connectivity index (χ4v) is 3.38. The van der Waals surface area contributed by atoms with E-state index in [0.29, 0.717) is 17.4 Å². The highest BCUT2D eigenvalue weighted by molar-refractivity contribution is 7.13. The zero-order valence-corrected chi connectivity index (χ0v) is 13.4. The maximum atomic E-state index is 12.3. The van der Waals surface area contributed by atoms with Gasteiger partial charge in [0.15, 0.2) is 0 Å². The van der Waals surface area contributed by atoms with Crippen LogP contribution in [0.3, 0.4) is 0 Å². The summed E-state index contributed by atoms with van der Waals surface area (Å²) in [6, 6.07) is 0.482. The Balaban J connectivity index is 1.48. The molecule has 0 bridgehead atoms. The molecule has 3 aromatic rings. The van der Waals surface area contributed by atoms with Gasteiger partial charge in [0, 0.05) is 17.3 Å². The number of nitrogens with zero attached hydrogens (tertiary/aromatic N) is 4. The first-order valence-electron chi connectivity index (χ1n) is 7.52. The van der Waals surface area contributed by atoms with Gasteiger partial charge < -0.3 is 5.32 Å². The standard InChI is InChI=1S/C15H16N6OS/c1-9-12(6-16-20-9)15-19-13(8-23-15)14(22)18-10-5-17-21(7-10)11-3-2-4-11/h5-8,11H,2-4H2,1H3,(H,16,20)(H,18,22). The van der Waals surface area contributed by atoms with Gasteiger partial charge in [-0.25, -0.2) is 4.98 Å². The van der Waals surface area contributed by atoms with Crippen molar-refractivity contribution in [1.82, 2.24) is 25.0 Å². The number of nitrogens with one attached hydrogen (secondary N) is 2. The van der Waals surface area contributed by atoms with E-state index in [0.717, 1.165) is 29.1 Å². The first-order chi connectivity index (χ1) is 11.2. The van der Waals surface area contributed by atoms with Crippen LogP contribution in [0, 0.1) is 6.92 Å². The lowest BCUT2D eigenvalue weighted by Gasteiger charge is -2.25. The number of hydrogen-bond donors (Lipinski definition) is 2. The molecule has 1 amide bonds. The number of anilines is 1. The molecule has 0 spiro atoms. The molecule has 23 heavy (non-hydrogen) atoms. The Morgan fingerprint density at radius 2 is 2.30 bits per heavy atom. The maximum Gasteiger partial charge on any atom is 0.275 e. The fourth-order valence-electron chi connectivity index (χ4n) is 2.52. The van der Waals surface area contributed by atoms with E-state index in [1.54, 1.807) is 17.8 Å². The lowest BCUT2D eigenvalue weighted by atomic mass is 9.93. The van der Waals surface area contributed by atoms with Gasteiger partial charge in [-0.05, 0) is 26.2 Å². The highest BCUT2D eigenvalue weighted by atomic mass is 32.1. The number of H-pyrrole nitrogens is 1. The number of carbonyl (C=O) groups is 1. The van der Waals surface area contributed by atoms with E-state index < -0.39 is 0 Å². The van der Waals surface area contributed by atoms with Gasteiger partial charge in [-0.3, -0.25) is 14.6 Å². The van der Waals surface area contributed by atoms with Crippen LogP contribution in [0.15, 0.2) is 24.0 Å². The van der Waals surface area contributed by atoms with Crippen molar-refractivity contribution < 1.29 is 4.79 Å². The molecule has 4 rings (SSSR count). The average molecular weight is 328 g/mol. The molecule has 0 unspecified atom stereocenters. The first-order valence-corrected chi connectivity index (χ1v) is 8.40. The molecule has 1 saturated carbocycles. The number of amides is 1. The first kappa shape index (κ1) is 14.1. The summed E-state index contributed by atoms with van der Waals surface area (Å²) in [5.41, 5.74) is 2.97. The van der Waals surface area contributed by atoms with Crippen LogP contribution in [0.4, 0.5) is 5.69 Å². The zero-order valence-electron chi connectivity index (χ0n) is 12.6. The number of aryl methyl sites for hydroxylation is 1. The Morgan fingerprint density at radius 1 is 1.43 bits per heavy atom. The van der Waals surface area contributed by atoms with Crippen LogP contribution in [0.1, 0.15) is 41.5 Å². The summed E-state index contributed by atoms with van der Waals surface area (Å²) >= 11 is 1.43. The van der Waals surface area contributed by atoms with E-state index in [9.17, 15) is 4.79 Å². The third-order valence-corrected chi connectivity index (χ3v) is 4.98. The average Bonchev–Trinajstić information content (AvgIpc) is 3.17. The van der Waals surface area contributed by atoms with Gasteiger partial charge in [-0.2, -0.15) is 10.2 Å². The van der Waals surface area contributed by atoms with Crippen molar-refractivity contribution in [2.75, 3.05) is 5.32 Å². The van der Waals surface area contributed by atoms with Crippen molar-refractivity contribution in [2.24, 2.45) is 0 Å². The van der Waals surface area contributed by atoms with Crippen molar-refractivity contribution in [3.8, 4) is 10.6 Å². The van der Waals surface area contributed by atoms with Gasteiger partial charge in [0.2, 0.25) is 0 Å². The van der Waals surface area contributed by atoms with Crippen molar-refractivity contribution in [2.45, 2.75) is 32.2 Å². The third-order valence-electron chi connectivity index (χ3n) is 4.11. The van der Waals surface area contributed by atoms with Crippen molar-refractivity contribution >= 4 is 22.9 Å². The molecule has 3 aromatic heterocycles. The molecule has 0 aliphatic heterocycles. The van der Waals surface area contributed by atoms with E-state index in [2.05, 4.69) is 25.6 Å². The van der Waals surface area contributed by atoms with Crippen molar-refractivity contribution in [3.05, 3.63) is 35.4 Å². The van der Waals surface area contributed by atoms with Crippen LogP contribution in [0.25, 0.3) is 10.6 Å². The molecule has 118 valence electrons. The second-order valence-electron chi connectivity index (χ2n) is 5.69. The molecule has 0 saturated heterocycles. The molecule has 0 radical (unpaired) electrons. The molecular formula is C15H16N6OS. The monoisotopic (exact) mass is 328 g/mol. The normalized spacial score (nSPS) is 14.7. The van der Waals surface area contributed by atoms with Crippen LogP contribution in [0.2, 0.25) is 0 Å². The van der Waals surface area contributed by atoms with Crippen molar-refractivity contribution in [3.63, 3.8) is 0 Å². The lowest BCUT2D eigenvalue weighted by Crippen LogP contribution is -2.17. The number of hydrogen-bond acceptors (Lipinski definition) is 5. The van der Waals surface area contributed by atoms with E-state index >= 15 is 0 Å². The number of aromatic nitrogens is 5. The third kappa shape index (κ3) is 2.65. The second-order valence-corrected chi connectivity index (χ2v) is 6.55. The molecule has 0 aromatic carbocycles. The van der Waals surface area contributed by atoms with Crippen LogP contribution < -0.4 is 5.32 Å². The zero-order chi connectivity index (χ0) is 15.8.